The SMILES string of the molecule is CCCCOc1cc(NC2CCCC2)ncn1. The van der Waals surface area contributed by atoms with Crippen molar-refractivity contribution in [3.63, 3.8) is 0 Å². The van der Waals surface area contributed by atoms with Crippen LogP contribution in [0.25, 0.3) is 0 Å². The molecule has 0 spiro atoms. The Balaban J connectivity index is 1.86. The quantitative estimate of drug-likeness (QED) is 0.770. The third-order valence-corrected chi connectivity index (χ3v) is 3.10. The molecule has 0 bridgehead atoms. The molecule has 1 N–H and O–H groups in total. The summed E-state index contributed by atoms with van der Waals surface area (Å²) in [7, 11) is 0. The molecule has 1 aromatic rings. The van der Waals surface area contributed by atoms with Gasteiger partial charge in [-0.05, 0) is 19.3 Å². The van der Waals surface area contributed by atoms with Gasteiger partial charge in [-0.15, -0.1) is 0 Å². The Morgan fingerprint density at radius 2 is 2.18 bits per heavy atom. The number of unbranched alkanes of at least 4 members (excludes halogenated alkanes) is 1. The molecule has 1 saturated carbocycles. The number of nitrogens with one attached hydrogen (secondary N) is 1. The molecule has 1 aliphatic carbocycles. The van der Waals surface area contributed by atoms with Gasteiger partial charge in [-0.25, -0.2) is 9.97 Å². The van der Waals surface area contributed by atoms with Crippen molar-refractivity contribution in [2.24, 2.45) is 0 Å². The second kappa shape index (κ2) is 6.42. The lowest BCUT2D eigenvalue weighted by Crippen LogP contribution is -2.15. The van der Waals surface area contributed by atoms with Gasteiger partial charge in [0, 0.05) is 12.1 Å². The van der Waals surface area contributed by atoms with Crippen molar-refractivity contribution < 1.29 is 4.74 Å². The summed E-state index contributed by atoms with van der Waals surface area (Å²) in [5.41, 5.74) is 0. The Labute approximate surface area is 103 Å². The molecule has 94 valence electrons. The summed E-state index contributed by atoms with van der Waals surface area (Å²) in [6.45, 7) is 2.88. The van der Waals surface area contributed by atoms with E-state index in [1.807, 2.05) is 6.07 Å². The number of ether oxygens (including phenoxy) is 1. The van der Waals surface area contributed by atoms with Crippen molar-refractivity contribution in [2.75, 3.05) is 11.9 Å². The van der Waals surface area contributed by atoms with Crippen LogP contribution >= 0.6 is 0 Å². The summed E-state index contributed by atoms with van der Waals surface area (Å²) in [4.78, 5) is 8.34. The van der Waals surface area contributed by atoms with E-state index in [2.05, 4.69) is 22.2 Å². The van der Waals surface area contributed by atoms with Gasteiger partial charge in [0.15, 0.2) is 0 Å². The molecule has 0 atom stereocenters. The molecule has 0 aliphatic heterocycles. The second-order valence-corrected chi connectivity index (χ2v) is 4.57. The third kappa shape index (κ3) is 3.88. The first-order chi connectivity index (χ1) is 8.38. The van der Waals surface area contributed by atoms with Crippen molar-refractivity contribution >= 4 is 5.82 Å². The van der Waals surface area contributed by atoms with Crippen LogP contribution in [-0.2, 0) is 0 Å². The Hall–Kier alpha value is -1.32. The highest BCUT2D eigenvalue weighted by molar-refractivity contribution is 5.38. The summed E-state index contributed by atoms with van der Waals surface area (Å²) >= 11 is 0. The molecule has 0 unspecified atom stereocenters. The maximum absolute atomic E-state index is 5.56. The van der Waals surface area contributed by atoms with E-state index in [0.717, 1.165) is 25.3 Å². The first-order valence-electron chi connectivity index (χ1n) is 6.60. The van der Waals surface area contributed by atoms with Crippen molar-refractivity contribution in [2.45, 2.75) is 51.5 Å². The van der Waals surface area contributed by atoms with Crippen molar-refractivity contribution in [3.05, 3.63) is 12.4 Å². The van der Waals surface area contributed by atoms with Crippen LogP contribution in [0.3, 0.4) is 0 Å². The molecule has 1 aromatic heterocycles. The number of nitrogens with zero attached hydrogens (tertiary/aromatic N) is 2. The number of aromatic nitrogens is 2. The lowest BCUT2D eigenvalue weighted by atomic mass is 10.2. The fourth-order valence-electron chi connectivity index (χ4n) is 2.10. The van der Waals surface area contributed by atoms with Crippen molar-refractivity contribution in [3.8, 4) is 5.88 Å². The van der Waals surface area contributed by atoms with Crippen LogP contribution in [0.15, 0.2) is 12.4 Å². The zero-order valence-electron chi connectivity index (χ0n) is 10.5. The normalized spacial score (nSPS) is 16.1. The minimum atomic E-state index is 0.577. The fraction of sp³-hybridized carbons (Fsp3) is 0.692. The smallest absolute Gasteiger partial charge is 0.218 e. The highest BCUT2D eigenvalue weighted by atomic mass is 16.5. The number of anilines is 1. The molecule has 1 aliphatic rings. The second-order valence-electron chi connectivity index (χ2n) is 4.57. The molecule has 0 saturated heterocycles. The Morgan fingerprint density at radius 1 is 1.35 bits per heavy atom. The van der Waals surface area contributed by atoms with Crippen LogP contribution in [0, 0.1) is 0 Å². The average Bonchev–Trinajstić information content (AvgIpc) is 2.83. The minimum absolute atomic E-state index is 0.577. The average molecular weight is 235 g/mol. The summed E-state index contributed by atoms with van der Waals surface area (Å²) in [5, 5.41) is 3.44. The highest BCUT2D eigenvalue weighted by Gasteiger charge is 2.15. The van der Waals surface area contributed by atoms with E-state index in [9.17, 15) is 0 Å². The predicted molar refractivity (Wildman–Crippen MR) is 68.3 cm³/mol. The molecule has 0 radical (unpaired) electrons. The standard InChI is InChI=1S/C13H21N3O/c1-2-3-8-17-13-9-12(14-10-15-13)16-11-6-4-5-7-11/h9-11H,2-8H2,1H3,(H,14,15,16). The Morgan fingerprint density at radius 3 is 2.94 bits per heavy atom. The first-order valence-corrected chi connectivity index (χ1v) is 6.60. The topological polar surface area (TPSA) is 47.0 Å². The summed E-state index contributed by atoms with van der Waals surface area (Å²) in [5.74, 6) is 1.56. The molecule has 1 fully saturated rings. The molecular weight excluding hydrogens is 214 g/mol. The Bertz CT molecular complexity index is 337. The van der Waals surface area contributed by atoms with Crippen molar-refractivity contribution in [1.82, 2.24) is 9.97 Å². The maximum Gasteiger partial charge on any atom is 0.218 e. The van der Waals surface area contributed by atoms with Gasteiger partial charge in [0.05, 0.1) is 6.61 Å². The monoisotopic (exact) mass is 235 g/mol. The molecular formula is C13H21N3O. The summed E-state index contributed by atoms with van der Waals surface area (Å²) in [6.07, 6.45) is 8.91. The minimum Gasteiger partial charge on any atom is -0.478 e. The Kier molecular flexibility index (Phi) is 4.59. The lowest BCUT2D eigenvalue weighted by Gasteiger charge is -2.12. The van der Waals surface area contributed by atoms with Gasteiger partial charge in [0.1, 0.15) is 12.1 Å². The van der Waals surface area contributed by atoms with E-state index in [1.54, 1.807) is 6.33 Å². The number of hydrogen-bond acceptors (Lipinski definition) is 4. The van der Waals surface area contributed by atoms with E-state index >= 15 is 0 Å². The van der Waals surface area contributed by atoms with E-state index < -0.39 is 0 Å². The zero-order valence-corrected chi connectivity index (χ0v) is 10.5. The van der Waals surface area contributed by atoms with Gasteiger partial charge in [-0.2, -0.15) is 0 Å². The highest BCUT2D eigenvalue weighted by Crippen LogP contribution is 2.22. The zero-order chi connectivity index (χ0) is 11.9. The van der Waals surface area contributed by atoms with Crippen LogP contribution < -0.4 is 10.1 Å². The molecule has 1 heterocycles. The molecule has 4 nitrogen and oxygen atoms in total. The predicted octanol–water partition coefficient (Wildman–Crippen LogP) is 3.01. The van der Waals surface area contributed by atoms with Crippen LogP contribution in [0.2, 0.25) is 0 Å². The van der Waals surface area contributed by atoms with Crippen LogP contribution in [0.4, 0.5) is 5.82 Å². The summed E-state index contributed by atoms with van der Waals surface area (Å²) in [6, 6.07) is 2.47. The van der Waals surface area contributed by atoms with E-state index in [0.29, 0.717) is 11.9 Å². The van der Waals surface area contributed by atoms with Gasteiger partial charge < -0.3 is 10.1 Å². The molecule has 17 heavy (non-hydrogen) atoms. The van der Waals surface area contributed by atoms with Crippen molar-refractivity contribution in [1.29, 1.82) is 0 Å². The number of rotatable bonds is 6. The van der Waals surface area contributed by atoms with E-state index in [-0.39, 0.29) is 0 Å². The maximum atomic E-state index is 5.56. The van der Waals surface area contributed by atoms with Gasteiger partial charge >= 0.3 is 0 Å². The third-order valence-electron chi connectivity index (χ3n) is 3.10. The molecule has 4 heteroatoms. The van der Waals surface area contributed by atoms with E-state index in [1.165, 1.54) is 25.7 Å². The molecule has 0 aromatic carbocycles. The molecule has 0 amide bonds. The first kappa shape index (κ1) is 12.1. The lowest BCUT2D eigenvalue weighted by molar-refractivity contribution is 0.297. The fourth-order valence-corrected chi connectivity index (χ4v) is 2.10. The molecule has 2 rings (SSSR count). The van der Waals surface area contributed by atoms with Gasteiger partial charge in [-0.3, -0.25) is 0 Å². The van der Waals surface area contributed by atoms with Crippen LogP contribution in [-0.4, -0.2) is 22.6 Å². The number of hydrogen-bond donors (Lipinski definition) is 1. The van der Waals surface area contributed by atoms with E-state index in [4.69, 9.17) is 4.74 Å². The van der Waals surface area contributed by atoms with Gasteiger partial charge in [0.2, 0.25) is 5.88 Å². The van der Waals surface area contributed by atoms with Gasteiger partial charge in [-0.1, -0.05) is 26.2 Å². The van der Waals surface area contributed by atoms with Crippen LogP contribution in [0.5, 0.6) is 5.88 Å². The summed E-state index contributed by atoms with van der Waals surface area (Å²) < 4.78 is 5.56. The largest absolute Gasteiger partial charge is 0.478 e. The van der Waals surface area contributed by atoms with Gasteiger partial charge in [0.25, 0.3) is 0 Å². The van der Waals surface area contributed by atoms with Crippen LogP contribution in [0.1, 0.15) is 45.4 Å².